The third-order valence-electron chi connectivity index (χ3n) is 5.25. The Labute approximate surface area is 116 Å². The lowest BCUT2D eigenvalue weighted by molar-refractivity contribution is -0.0493. The minimum atomic E-state index is -0.603. The number of benzene rings is 1. The first kappa shape index (κ1) is 13.1. The number of hydrogen-bond acceptors (Lipinski definition) is 2. The second-order valence-electron chi connectivity index (χ2n) is 6.77. The summed E-state index contributed by atoms with van der Waals surface area (Å²) >= 11 is 0. The SMILES string of the molecule is CC(C)c1ccc(C2(O)CC3CCC(C2)N3C)cc1. The molecule has 2 fully saturated rings. The molecular formula is C17H25NO. The van der Waals surface area contributed by atoms with E-state index in [9.17, 15) is 5.11 Å². The fraction of sp³-hybridized carbons (Fsp3) is 0.647. The molecule has 19 heavy (non-hydrogen) atoms. The van der Waals surface area contributed by atoms with Gasteiger partial charge in [0.1, 0.15) is 0 Å². The van der Waals surface area contributed by atoms with E-state index in [1.165, 1.54) is 18.4 Å². The van der Waals surface area contributed by atoms with Crippen molar-refractivity contribution in [1.29, 1.82) is 0 Å². The molecule has 2 bridgehead atoms. The van der Waals surface area contributed by atoms with E-state index < -0.39 is 5.60 Å². The Morgan fingerprint density at radius 1 is 1.11 bits per heavy atom. The maximum atomic E-state index is 11.0. The Kier molecular flexibility index (Phi) is 3.18. The molecule has 0 spiro atoms. The minimum Gasteiger partial charge on any atom is -0.385 e. The molecule has 0 aliphatic carbocycles. The molecule has 0 saturated carbocycles. The molecule has 2 heterocycles. The summed E-state index contributed by atoms with van der Waals surface area (Å²) in [7, 11) is 2.21. The quantitative estimate of drug-likeness (QED) is 0.881. The van der Waals surface area contributed by atoms with Gasteiger partial charge in [0.2, 0.25) is 0 Å². The Hall–Kier alpha value is -0.860. The van der Waals surface area contributed by atoms with Crippen molar-refractivity contribution in [3.63, 3.8) is 0 Å². The molecule has 2 heteroatoms. The van der Waals surface area contributed by atoms with Crippen LogP contribution in [0.15, 0.2) is 24.3 Å². The van der Waals surface area contributed by atoms with Crippen molar-refractivity contribution in [3.05, 3.63) is 35.4 Å². The van der Waals surface area contributed by atoms with Crippen molar-refractivity contribution in [1.82, 2.24) is 4.90 Å². The summed E-state index contributed by atoms with van der Waals surface area (Å²) < 4.78 is 0. The van der Waals surface area contributed by atoms with Gasteiger partial charge < -0.3 is 10.0 Å². The minimum absolute atomic E-state index is 0.553. The Bertz CT molecular complexity index is 437. The average Bonchev–Trinajstić information content (AvgIpc) is 2.63. The Balaban J connectivity index is 1.85. The molecule has 3 rings (SSSR count). The van der Waals surface area contributed by atoms with Gasteiger partial charge in [0.15, 0.2) is 0 Å². The molecule has 2 atom stereocenters. The van der Waals surface area contributed by atoms with Gasteiger partial charge in [-0.25, -0.2) is 0 Å². The monoisotopic (exact) mass is 259 g/mol. The molecular weight excluding hydrogens is 234 g/mol. The number of aliphatic hydroxyl groups is 1. The molecule has 0 radical (unpaired) electrons. The van der Waals surface area contributed by atoms with Gasteiger partial charge in [-0.3, -0.25) is 0 Å². The van der Waals surface area contributed by atoms with E-state index in [-0.39, 0.29) is 0 Å². The molecule has 1 N–H and O–H groups in total. The highest BCUT2D eigenvalue weighted by atomic mass is 16.3. The third kappa shape index (κ3) is 2.21. The number of nitrogens with zero attached hydrogens (tertiary/aromatic N) is 1. The average molecular weight is 259 g/mol. The second-order valence-corrected chi connectivity index (χ2v) is 6.77. The molecule has 0 amide bonds. The van der Waals surface area contributed by atoms with Crippen LogP contribution in [0.4, 0.5) is 0 Å². The van der Waals surface area contributed by atoms with Gasteiger partial charge in [-0.15, -0.1) is 0 Å². The summed E-state index contributed by atoms with van der Waals surface area (Å²) in [6.07, 6.45) is 4.27. The van der Waals surface area contributed by atoms with Crippen LogP contribution < -0.4 is 0 Å². The summed E-state index contributed by atoms with van der Waals surface area (Å²) in [4.78, 5) is 2.47. The second kappa shape index (κ2) is 4.60. The summed E-state index contributed by atoms with van der Waals surface area (Å²) in [5, 5.41) is 11.0. The molecule has 1 aromatic rings. The van der Waals surface area contributed by atoms with Gasteiger partial charge >= 0.3 is 0 Å². The number of piperidine rings is 1. The van der Waals surface area contributed by atoms with Crippen LogP contribution in [-0.2, 0) is 5.60 Å². The Morgan fingerprint density at radius 2 is 1.63 bits per heavy atom. The molecule has 2 nitrogen and oxygen atoms in total. The van der Waals surface area contributed by atoms with E-state index >= 15 is 0 Å². The lowest BCUT2D eigenvalue weighted by Gasteiger charge is -2.42. The van der Waals surface area contributed by atoms with Crippen LogP contribution in [0, 0.1) is 0 Å². The van der Waals surface area contributed by atoms with Crippen LogP contribution in [-0.4, -0.2) is 29.1 Å². The van der Waals surface area contributed by atoms with Gasteiger partial charge in [0.25, 0.3) is 0 Å². The molecule has 104 valence electrons. The van der Waals surface area contributed by atoms with Crippen LogP contribution in [0.2, 0.25) is 0 Å². The van der Waals surface area contributed by atoms with Gasteiger partial charge in [-0.05, 0) is 49.8 Å². The van der Waals surface area contributed by atoms with Gasteiger partial charge in [0, 0.05) is 12.1 Å². The standard InChI is InChI=1S/C17H25NO/c1-12(2)13-4-6-14(7-5-13)17(19)10-15-8-9-16(11-17)18(15)3/h4-7,12,15-16,19H,8-11H2,1-3H3. The van der Waals surface area contributed by atoms with Crippen LogP contribution in [0.5, 0.6) is 0 Å². The van der Waals surface area contributed by atoms with Crippen molar-refractivity contribution < 1.29 is 5.11 Å². The first-order valence-corrected chi connectivity index (χ1v) is 7.54. The van der Waals surface area contributed by atoms with Gasteiger partial charge in [0.05, 0.1) is 5.60 Å². The summed E-state index contributed by atoms with van der Waals surface area (Å²) in [5.41, 5.74) is 1.86. The van der Waals surface area contributed by atoms with Crippen LogP contribution in [0.1, 0.15) is 56.6 Å². The summed E-state index contributed by atoms with van der Waals surface area (Å²) in [6, 6.07) is 9.76. The van der Waals surface area contributed by atoms with E-state index in [4.69, 9.17) is 0 Å². The predicted octanol–water partition coefficient (Wildman–Crippen LogP) is 3.25. The van der Waals surface area contributed by atoms with Crippen molar-refractivity contribution in [2.75, 3.05) is 7.05 Å². The topological polar surface area (TPSA) is 23.5 Å². The number of hydrogen-bond donors (Lipinski definition) is 1. The highest BCUT2D eigenvalue weighted by Crippen LogP contribution is 2.44. The third-order valence-corrected chi connectivity index (χ3v) is 5.25. The number of fused-ring (bicyclic) bond motifs is 2. The molecule has 2 saturated heterocycles. The van der Waals surface area contributed by atoms with E-state index in [0.29, 0.717) is 18.0 Å². The normalized spacial score (nSPS) is 35.0. The molecule has 2 aliphatic rings. The highest BCUT2D eigenvalue weighted by Gasteiger charge is 2.46. The highest BCUT2D eigenvalue weighted by molar-refractivity contribution is 5.30. The zero-order chi connectivity index (χ0) is 13.6. The maximum absolute atomic E-state index is 11.0. The van der Waals surface area contributed by atoms with Crippen molar-refractivity contribution in [3.8, 4) is 0 Å². The zero-order valence-corrected chi connectivity index (χ0v) is 12.3. The lowest BCUT2D eigenvalue weighted by Crippen LogP contribution is -2.47. The molecule has 2 unspecified atom stereocenters. The number of rotatable bonds is 2. The molecule has 0 aromatic heterocycles. The van der Waals surface area contributed by atoms with E-state index in [1.54, 1.807) is 0 Å². The Morgan fingerprint density at radius 3 is 2.11 bits per heavy atom. The van der Waals surface area contributed by atoms with Gasteiger partial charge in [-0.1, -0.05) is 38.1 Å². The van der Waals surface area contributed by atoms with Crippen LogP contribution >= 0.6 is 0 Å². The summed E-state index contributed by atoms with van der Waals surface area (Å²) in [5.74, 6) is 0.553. The van der Waals surface area contributed by atoms with Crippen molar-refractivity contribution in [2.24, 2.45) is 0 Å². The van der Waals surface area contributed by atoms with Crippen molar-refractivity contribution in [2.45, 2.75) is 63.1 Å². The smallest absolute Gasteiger partial charge is 0.0926 e. The predicted molar refractivity (Wildman–Crippen MR) is 78.2 cm³/mol. The van der Waals surface area contributed by atoms with E-state index in [1.807, 2.05) is 0 Å². The van der Waals surface area contributed by atoms with Gasteiger partial charge in [-0.2, -0.15) is 0 Å². The zero-order valence-electron chi connectivity index (χ0n) is 12.3. The first-order chi connectivity index (χ1) is 8.99. The largest absolute Gasteiger partial charge is 0.385 e. The first-order valence-electron chi connectivity index (χ1n) is 7.54. The maximum Gasteiger partial charge on any atom is 0.0926 e. The fourth-order valence-corrected chi connectivity index (χ4v) is 3.86. The van der Waals surface area contributed by atoms with Crippen molar-refractivity contribution >= 4 is 0 Å². The molecule has 2 aliphatic heterocycles. The van der Waals surface area contributed by atoms with Crippen LogP contribution in [0.25, 0.3) is 0 Å². The van der Waals surface area contributed by atoms with E-state index in [0.717, 1.165) is 18.4 Å². The lowest BCUT2D eigenvalue weighted by atomic mass is 9.80. The van der Waals surface area contributed by atoms with Crippen LogP contribution in [0.3, 0.4) is 0 Å². The molecule has 1 aromatic carbocycles. The fourth-order valence-electron chi connectivity index (χ4n) is 3.86. The van der Waals surface area contributed by atoms with E-state index in [2.05, 4.69) is 50.1 Å². The summed E-state index contributed by atoms with van der Waals surface area (Å²) in [6.45, 7) is 4.42.